The molecule has 0 radical (unpaired) electrons. The molecule has 1 aliphatic rings. The number of fused-ring (bicyclic) bond motifs is 3. The Morgan fingerprint density at radius 3 is 2.37 bits per heavy atom. The van der Waals surface area contributed by atoms with Crippen LogP contribution in [0, 0.1) is 17.7 Å². The van der Waals surface area contributed by atoms with Crippen molar-refractivity contribution in [3.05, 3.63) is 89.2 Å². The first kappa shape index (κ1) is 19.5. The lowest BCUT2D eigenvalue weighted by atomic mass is 9.98. The number of nitrogen functional groups attached to an aromatic ring is 1. The summed E-state index contributed by atoms with van der Waals surface area (Å²) >= 11 is 0. The van der Waals surface area contributed by atoms with Gasteiger partial charge in [-0.1, -0.05) is 66.4 Å². The number of hydrogen-bond donors (Lipinski definition) is 2. The van der Waals surface area contributed by atoms with Crippen molar-refractivity contribution in [1.29, 1.82) is 0 Å². The summed E-state index contributed by atoms with van der Waals surface area (Å²) in [5, 5.41) is 2.70. The molecule has 0 spiro atoms. The fourth-order valence-corrected chi connectivity index (χ4v) is 3.68. The SMILES string of the molecule is Nc1c(F)cccc1C#CCCNC(=O)OCC1c2ccccc2-c2ccccc21. The number of nitrogens with two attached hydrogens (primary N) is 1. The number of amides is 1. The van der Waals surface area contributed by atoms with Crippen molar-refractivity contribution in [1.82, 2.24) is 5.32 Å². The van der Waals surface area contributed by atoms with Crippen LogP contribution < -0.4 is 11.1 Å². The van der Waals surface area contributed by atoms with Gasteiger partial charge >= 0.3 is 6.09 Å². The summed E-state index contributed by atoms with van der Waals surface area (Å²) in [5.41, 5.74) is 10.8. The first-order valence-electron chi connectivity index (χ1n) is 9.77. The third-order valence-electron chi connectivity index (χ3n) is 5.14. The second-order valence-corrected chi connectivity index (χ2v) is 7.01. The first-order chi connectivity index (χ1) is 14.6. The molecule has 30 heavy (non-hydrogen) atoms. The summed E-state index contributed by atoms with van der Waals surface area (Å²) in [7, 11) is 0. The van der Waals surface area contributed by atoms with Crippen LogP contribution in [0.15, 0.2) is 66.7 Å². The lowest BCUT2D eigenvalue weighted by Gasteiger charge is -2.14. The number of ether oxygens (including phenoxy) is 1. The summed E-state index contributed by atoms with van der Waals surface area (Å²) < 4.78 is 18.9. The molecule has 150 valence electrons. The molecule has 0 aliphatic heterocycles. The molecule has 0 bridgehead atoms. The highest BCUT2D eigenvalue weighted by molar-refractivity contribution is 5.79. The van der Waals surface area contributed by atoms with Crippen LogP contribution in [0.2, 0.25) is 0 Å². The van der Waals surface area contributed by atoms with E-state index in [4.69, 9.17) is 10.5 Å². The van der Waals surface area contributed by atoms with Gasteiger partial charge in [0.1, 0.15) is 12.4 Å². The van der Waals surface area contributed by atoms with Gasteiger partial charge in [0.2, 0.25) is 0 Å². The second kappa shape index (κ2) is 8.71. The third kappa shape index (κ3) is 3.99. The molecule has 0 heterocycles. The number of nitrogens with one attached hydrogen (secondary N) is 1. The lowest BCUT2D eigenvalue weighted by Crippen LogP contribution is -2.26. The van der Waals surface area contributed by atoms with Crippen LogP contribution >= 0.6 is 0 Å². The number of hydrogen-bond acceptors (Lipinski definition) is 3. The largest absolute Gasteiger partial charge is 0.449 e. The summed E-state index contributed by atoms with van der Waals surface area (Å²) in [6, 6.07) is 20.9. The highest BCUT2D eigenvalue weighted by Gasteiger charge is 2.28. The molecule has 4 nitrogen and oxygen atoms in total. The number of rotatable bonds is 4. The lowest BCUT2D eigenvalue weighted by molar-refractivity contribution is 0.143. The van der Waals surface area contributed by atoms with E-state index in [0.717, 1.165) is 0 Å². The molecule has 5 heteroatoms. The monoisotopic (exact) mass is 400 g/mol. The molecule has 0 fully saturated rings. The highest BCUT2D eigenvalue weighted by Crippen LogP contribution is 2.44. The van der Waals surface area contributed by atoms with Crippen LogP contribution in [0.1, 0.15) is 29.0 Å². The van der Waals surface area contributed by atoms with Gasteiger partial charge in [0.05, 0.1) is 11.3 Å². The standard InChI is InChI=1S/C25H21FN2O2/c26-23-14-7-9-17(24(23)27)8-5-6-15-28-25(29)30-16-22-20-12-3-1-10-18(20)19-11-2-4-13-21(19)22/h1-4,7,9-14,22H,6,15-16,27H2,(H,28,29). The van der Waals surface area contributed by atoms with Crippen molar-refractivity contribution in [3.63, 3.8) is 0 Å². The Hall–Kier alpha value is -3.78. The first-order valence-corrected chi connectivity index (χ1v) is 9.77. The van der Waals surface area contributed by atoms with E-state index in [1.54, 1.807) is 12.1 Å². The van der Waals surface area contributed by atoms with Gasteiger partial charge in [-0.15, -0.1) is 0 Å². The zero-order chi connectivity index (χ0) is 20.9. The molecule has 0 saturated carbocycles. The van der Waals surface area contributed by atoms with Gasteiger partial charge in [-0.05, 0) is 34.4 Å². The Kier molecular flexibility index (Phi) is 5.67. The van der Waals surface area contributed by atoms with Crippen molar-refractivity contribution in [2.45, 2.75) is 12.3 Å². The zero-order valence-corrected chi connectivity index (χ0v) is 16.3. The minimum absolute atomic E-state index is 0.0268. The van der Waals surface area contributed by atoms with E-state index in [-0.39, 0.29) is 18.2 Å². The summed E-state index contributed by atoms with van der Waals surface area (Å²) in [4.78, 5) is 12.1. The number of para-hydroxylation sites is 1. The molecule has 0 saturated heterocycles. The van der Waals surface area contributed by atoms with Gasteiger partial charge in [0, 0.05) is 18.9 Å². The van der Waals surface area contributed by atoms with Crippen molar-refractivity contribution >= 4 is 11.8 Å². The molecular formula is C25H21FN2O2. The minimum atomic E-state index is -0.487. The Morgan fingerprint density at radius 1 is 1.00 bits per heavy atom. The van der Waals surface area contributed by atoms with Crippen molar-refractivity contribution < 1.29 is 13.9 Å². The zero-order valence-electron chi connectivity index (χ0n) is 16.3. The average Bonchev–Trinajstić information content (AvgIpc) is 3.09. The average molecular weight is 400 g/mol. The molecule has 1 amide bonds. The summed E-state index contributed by atoms with van der Waals surface area (Å²) in [6.07, 6.45) is -0.0795. The Labute approximate surface area is 174 Å². The highest BCUT2D eigenvalue weighted by atomic mass is 19.1. The Bertz CT molecular complexity index is 1100. The number of anilines is 1. The second-order valence-electron chi connectivity index (χ2n) is 7.01. The van der Waals surface area contributed by atoms with E-state index in [9.17, 15) is 9.18 Å². The van der Waals surface area contributed by atoms with Crippen LogP contribution in [-0.2, 0) is 4.74 Å². The number of halogens is 1. The van der Waals surface area contributed by atoms with E-state index in [0.29, 0.717) is 18.5 Å². The summed E-state index contributed by atoms with van der Waals surface area (Å²) in [6.45, 7) is 0.601. The van der Waals surface area contributed by atoms with E-state index in [1.165, 1.54) is 28.3 Å². The predicted molar refractivity (Wildman–Crippen MR) is 115 cm³/mol. The van der Waals surface area contributed by atoms with E-state index in [1.807, 2.05) is 24.3 Å². The van der Waals surface area contributed by atoms with E-state index >= 15 is 0 Å². The van der Waals surface area contributed by atoms with Crippen LogP contribution in [0.25, 0.3) is 11.1 Å². The fourth-order valence-electron chi connectivity index (χ4n) is 3.68. The van der Waals surface area contributed by atoms with Gasteiger partial charge in [-0.3, -0.25) is 0 Å². The molecule has 0 atom stereocenters. The molecule has 0 aromatic heterocycles. The number of carbonyl (C=O) groups is 1. The number of carbonyl (C=O) groups excluding carboxylic acids is 1. The fraction of sp³-hybridized carbons (Fsp3) is 0.160. The van der Waals surface area contributed by atoms with Crippen LogP contribution in [-0.4, -0.2) is 19.2 Å². The van der Waals surface area contributed by atoms with Gasteiger partial charge in [-0.2, -0.15) is 0 Å². The molecule has 4 rings (SSSR count). The van der Waals surface area contributed by atoms with Gasteiger partial charge < -0.3 is 15.8 Å². The molecule has 3 aromatic rings. The van der Waals surface area contributed by atoms with Gasteiger partial charge in [0.25, 0.3) is 0 Å². The van der Waals surface area contributed by atoms with Crippen molar-refractivity contribution in [2.24, 2.45) is 0 Å². The van der Waals surface area contributed by atoms with E-state index in [2.05, 4.69) is 41.4 Å². The van der Waals surface area contributed by atoms with Gasteiger partial charge in [-0.25, -0.2) is 9.18 Å². The third-order valence-corrected chi connectivity index (χ3v) is 5.14. The summed E-state index contributed by atoms with van der Waals surface area (Å²) in [5.74, 6) is 5.24. The maximum absolute atomic E-state index is 13.4. The van der Waals surface area contributed by atoms with Gasteiger partial charge in [0.15, 0.2) is 0 Å². The quantitative estimate of drug-likeness (QED) is 0.379. The van der Waals surface area contributed by atoms with Crippen LogP contribution in [0.5, 0.6) is 0 Å². The minimum Gasteiger partial charge on any atom is -0.449 e. The number of alkyl carbamates (subject to hydrolysis) is 1. The molecule has 0 unspecified atom stereocenters. The van der Waals surface area contributed by atoms with Crippen molar-refractivity contribution in [2.75, 3.05) is 18.9 Å². The molecule has 3 N–H and O–H groups in total. The van der Waals surface area contributed by atoms with Crippen molar-refractivity contribution in [3.8, 4) is 23.0 Å². The maximum atomic E-state index is 13.4. The van der Waals surface area contributed by atoms with Crippen LogP contribution in [0.4, 0.5) is 14.9 Å². The Morgan fingerprint density at radius 2 is 1.67 bits per heavy atom. The maximum Gasteiger partial charge on any atom is 0.407 e. The topological polar surface area (TPSA) is 64.3 Å². The smallest absolute Gasteiger partial charge is 0.407 e. The molecule has 1 aliphatic carbocycles. The van der Waals surface area contributed by atoms with E-state index < -0.39 is 11.9 Å². The Balaban J connectivity index is 1.30. The normalized spacial score (nSPS) is 11.8. The number of benzene rings is 3. The predicted octanol–water partition coefficient (Wildman–Crippen LogP) is 4.69. The molecule has 3 aromatic carbocycles. The molecular weight excluding hydrogens is 379 g/mol. The van der Waals surface area contributed by atoms with Crippen LogP contribution in [0.3, 0.4) is 0 Å².